The van der Waals surface area contributed by atoms with Crippen LogP contribution in [0.4, 0.5) is 0 Å². The van der Waals surface area contributed by atoms with Crippen LogP contribution < -0.4 is 5.32 Å². The minimum Gasteiger partial charge on any atom is -0.348 e. The van der Waals surface area contributed by atoms with Crippen molar-refractivity contribution in [3.63, 3.8) is 0 Å². The molecule has 1 N–H and O–H groups in total. The van der Waals surface area contributed by atoms with Crippen molar-refractivity contribution in [3.8, 4) is 0 Å². The first-order valence-electron chi connectivity index (χ1n) is 7.04. The Bertz CT molecular complexity index is 591. The van der Waals surface area contributed by atoms with Gasteiger partial charge in [0.25, 0.3) is 5.91 Å². The Labute approximate surface area is 127 Å². The summed E-state index contributed by atoms with van der Waals surface area (Å²) in [5.74, 6) is -0.146. The van der Waals surface area contributed by atoms with Gasteiger partial charge in [-0.15, -0.1) is 15.3 Å². The molecule has 2 rings (SSSR count). The quantitative estimate of drug-likeness (QED) is 0.785. The van der Waals surface area contributed by atoms with E-state index in [1.165, 1.54) is 11.3 Å². The molecular weight excluding hydrogens is 288 g/mol. The summed E-state index contributed by atoms with van der Waals surface area (Å²) in [6.07, 6.45) is 4.74. The lowest BCUT2D eigenvalue weighted by Gasteiger charge is -2.04. The van der Waals surface area contributed by atoms with Crippen molar-refractivity contribution in [1.29, 1.82) is 0 Å². The molecule has 0 spiro atoms. The zero-order valence-corrected chi connectivity index (χ0v) is 13.4. The number of amides is 1. The Morgan fingerprint density at radius 1 is 1.33 bits per heavy atom. The van der Waals surface area contributed by atoms with E-state index in [0.717, 1.165) is 36.5 Å². The average molecular weight is 308 g/mol. The SMILES string of the molecule is Cc1cn(CCCCc2nnc(C(=O)NC(C)C)s2)nn1. The maximum absolute atomic E-state index is 11.8. The van der Waals surface area contributed by atoms with Crippen molar-refractivity contribution < 1.29 is 4.79 Å². The van der Waals surface area contributed by atoms with Crippen molar-refractivity contribution in [1.82, 2.24) is 30.5 Å². The zero-order valence-electron chi connectivity index (χ0n) is 12.5. The fourth-order valence-corrected chi connectivity index (χ4v) is 2.61. The Kier molecular flexibility index (Phi) is 5.38. The molecule has 0 aliphatic rings. The van der Waals surface area contributed by atoms with E-state index in [-0.39, 0.29) is 11.9 Å². The van der Waals surface area contributed by atoms with Crippen LogP contribution in [0.3, 0.4) is 0 Å². The molecule has 0 radical (unpaired) electrons. The molecule has 2 aromatic heterocycles. The van der Waals surface area contributed by atoms with Gasteiger partial charge in [0.15, 0.2) is 0 Å². The molecule has 1 amide bonds. The molecular formula is C13H20N6OS. The number of nitrogens with zero attached hydrogens (tertiary/aromatic N) is 5. The van der Waals surface area contributed by atoms with Crippen LogP contribution in [0.25, 0.3) is 0 Å². The number of aryl methyl sites for hydroxylation is 3. The van der Waals surface area contributed by atoms with Gasteiger partial charge in [-0.1, -0.05) is 16.6 Å². The summed E-state index contributed by atoms with van der Waals surface area (Å²) in [5.41, 5.74) is 0.930. The van der Waals surface area contributed by atoms with Crippen LogP contribution in [0.15, 0.2) is 6.20 Å². The van der Waals surface area contributed by atoms with Crippen LogP contribution >= 0.6 is 11.3 Å². The second kappa shape index (κ2) is 7.26. The van der Waals surface area contributed by atoms with Crippen molar-refractivity contribution >= 4 is 17.2 Å². The lowest BCUT2D eigenvalue weighted by molar-refractivity contribution is 0.0942. The Morgan fingerprint density at radius 3 is 2.81 bits per heavy atom. The smallest absolute Gasteiger partial charge is 0.282 e. The second-order valence-electron chi connectivity index (χ2n) is 5.21. The predicted molar refractivity (Wildman–Crippen MR) is 80.2 cm³/mol. The normalized spacial score (nSPS) is 11.0. The van der Waals surface area contributed by atoms with Crippen LogP contribution in [0, 0.1) is 6.92 Å². The summed E-state index contributed by atoms with van der Waals surface area (Å²) in [4.78, 5) is 11.8. The van der Waals surface area contributed by atoms with E-state index in [1.54, 1.807) is 0 Å². The maximum atomic E-state index is 11.8. The van der Waals surface area contributed by atoms with E-state index in [1.807, 2.05) is 31.6 Å². The van der Waals surface area contributed by atoms with Crippen LogP contribution in [-0.4, -0.2) is 37.1 Å². The summed E-state index contributed by atoms with van der Waals surface area (Å²) < 4.78 is 1.84. The van der Waals surface area contributed by atoms with Gasteiger partial charge < -0.3 is 5.32 Å². The highest BCUT2D eigenvalue weighted by molar-refractivity contribution is 7.13. The Balaban J connectivity index is 1.74. The number of hydrogen-bond acceptors (Lipinski definition) is 6. The maximum Gasteiger partial charge on any atom is 0.282 e. The number of hydrogen-bond donors (Lipinski definition) is 1. The fourth-order valence-electron chi connectivity index (χ4n) is 1.82. The molecule has 7 nitrogen and oxygen atoms in total. The van der Waals surface area contributed by atoms with Gasteiger partial charge in [0, 0.05) is 25.2 Å². The van der Waals surface area contributed by atoms with Crippen LogP contribution in [0.2, 0.25) is 0 Å². The van der Waals surface area contributed by atoms with Gasteiger partial charge in [-0.25, -0.2) is 0 Å². The molecule has 2 aromatic rings. The van der Waals surface area contributed by atoms with E-state index in [4.69, 9.17) is 0 Å². The minimum atomic E-state index is -0.146. The standard InChI is InChI=1S/C13H20N6OS/c1-9(2)14-12(20)13-17-16-11(21-13)6-4-5-7-19-8-10(3)15-18-19/h8-9H,4-7H2,1-3H3,(H,14,20). The molecule has 0 saturated carbocycles. The molecule has 0 aliphatic carbocycles. The van der Waals surface area contributed by atoms with Crippen LogP contribution in [0.1, 0.15) is 47.2 Å². The molecule has 21 heavy (non-hydrogen) atoms. The summed E-state index contributed by atoms with van der Waals surface area (Å²) in [6, 6.07) is 0.107. The highest BCUT2D eigenvalue weighted by Crippen LogP contribution is 2.13. The van der Waals surface area contributed by atoms with Gasteiger partial charge in [0.05, 0.1) is 5.69 Å². The number of carbonyl (C=O) groups is 1. The average Bonchev–Trinajstić information content (AvgIpc) is 3.03. The highest BCUT2D eigenvalue weighted by Gasteiger charge is 2.13. The summed E-state index contributed by atoms with van der Waals surface area (Å²) >= 11 is 1.36. The molecule has 0 saturated heterocycles. The van der Waals surface area contributed by atoms with Gasteiger partial charge in [-0.2, -0.15) is 0 Å². The van der Waals surface area contributed by atoms with Gasteiger partial charge >= 0.3 is 0 Å². The molecule has 0 atom stereocenters. The van der Waals surface area contributed by atoms with E-state index in [0.29, 0.717) is 5.01 Å². The molecule has 114 valence electrons. The molecule has 0 aliphatic heterocycles. The first kappa shape index (κ1) is 15.6. The van der Waals surface area contributed by atoms with Crippen molar-refractivity contribution in [2.24, 2.45) is 0 Å². The minimum absolute atomic E-state index is 0.107. The number of unbranched alkanes of at least 4 members (excludes halogenated alkanes) is 1. The Morgan fingerprint density at radius 2 is 2.14 bits per heavy atom. The van der Waals surface area contributed by atoms with Crippen molar-refractivity contribution in [2.45, 2.75) is 52.6 Å². The molecule has 0 bridgehead atoms. The zero-order chi connectivity index (χ0) is 15.2. The third kappa shape index (κ3) is 4.89. The second-order valence-corrected chi connectivity index (χ2v) is 6.27. The van der Waals surface area contributed by atoms with E-state index in [2.05, 4.69) is 25.8 Å². The fraction of sp³-hybridized carbons (Fsp3) is 0.615. The number of nitrogens with one attached hydrogen (secondary N) is 1. The van der Waals surface area contributed by atoms with Gasteiger partial charge in [-0.3, -0.25) is 9.48 Å². The van der Waals surface area contributed by atoms with Gasteiger partial charge in [0.1, 0.15) is 5.01 Å². The number of carbonyl (C=O) groups excluding carboxylic acids is 1. The molecule has 0 aromatic carbocycles. The summed E-state index contributed by atoms with van der Waals surface area (Å²) in [6.45, 7) is 6.62. The third-order valence-corrected chi connectivity index (χ3v) is 3.74. The lowest BCUT2D eigenvalue weighted by atomic mass is 10.2. The lowest BCUT2D eigenvalue weighted by Crippen LogP contribution is -2.29. The van der Waals surface area contributed by atoms with E-state index < -0.39 is 0 Å². The van der Waals surface area contributed by atoms with E-state index >= 15 is 0 Å². The molecule has 2 heterocycles. The largest absolute Gasteiger partial charge is 0.348 e. The monoisotopic (exact) mass is 308 g/mol. The number of aromatic nitrogens is 5. The highest BCUT2D eigenvalue weighted by atomic mass is 32.1. The van der Waals surface area contributed by atoms with Crippen LogP contribution in [0.5, 0.6) is 0 Å². The predicted octanol–water partition coefficient (Wildman–Crippen LogP) is 1.60. The Hall–Kier alpha value is -1.83. The van der Waals surface area contributed by atoms with Crippen LogP contribution in [-0.2, 0) is 13.0 Å². The van der Waals surface area contributed by atoms with Crippen molar-refractivity contribution in [2.75, 3.05) is 0 Å². The first-order chi connectivity index (χ1) is 10.0. The first-order valence-corrected chi connectivity index (χ1v) is 7.86. The van der Waals surface area contributed by atoms with E-state index in [9.17, 15) is 4.79 Å². The van der Waals surface area contributed by atoms with Crippen molar-refractivity contribution in [3.05, 3.63) is 21.9 Å². The van der Waals surface area contributed by atoms with Gasteiger partial charge in [-0.05, 0) is 33.6 Å². The molecule has 0 fully saturated rings. The topological polar surface area (TPSA) is 85.6 Å². The summed E-state index contributed by atoms with van der Waals surface area (Å²) in [5, 5.41) is 20.1. The third-order valence-electron chi connectivity index (χ3n) is 2.76. The molecule has 8 heteroatoms. The summed E-state index contributed by atoms with van der Waals surface area (Å²) in [7, 11) is 0. The molecule has 0 unspecified atom stereocenters. The number of rotatable bonds is 7. The van der Waals surface area contributed by atoms with Gasteiger partial charge in [0.2, 0.25) is 5.01 Å².